The molecule has 1 rings (SSSR count). The van der Waals surface area contributed by atoms with Crippen molar-refractivity contribution >= 4 is 11.3 Å². The summed E-state index contributed by atoms with van der Waals surface area (Å²) in [6.07, 6.45) is 1.13. The Hall–Kier alpha value is -0.680. The number of hydrogen-bond acceptors (Lipinski definition) is 5. The lowest BCUT2D eigenvalue weighted by Gasteiger charge is -2.17. The van der Waals surface area contributed by atoms with E-state index in [4.69, 9.17) is 4.74 Å². The third-order valence-corrected chi connectivity index (χ3v) is 2.35. The first-order chi connectivity index (χ1) is 7.01. The first-order valence-corrected chi connectivity index (χ1v) is 6.05. The summed E-state index contributed by atoms with van der Waals surface area (Å²) in [5.41, 5.74) is -0.201. The molecule has 0 radical (unpaired) electrons. The highest BCUT2D eigenvalue weighted by Gasteiger charge is 2.15. The van der Waals surface area contributed by atoms with E-state index in [1.807, 2.05) is 20.8 Å². The zero-order valence-corrected chi connectivity index (χ0v) is 10.6. The van der Waals surface area contributed by atoms with E-state index in [1.165, 1.54) is 11.3 Å². The molecule has 0 aromatic carbocycles. The second kappa shape index (κ2) is 5.42. The molecule has 5 heteroatoms. The van der Waals surface area contributed by atoms with Gasteiger partial charge in [-0.15, -0.1) is 5.10 Å². The van der Waals surface area contributed by atoms with Crippen LogP contribution < -0.4 is 10.1 Å². The van der Waals surface area contributed by atoms with E-state index < -0.39 is 0 Å². The third kappa shape index (κ3) is 5.09. The van der Waals surface area contributed by atoms with Crippen molar-refractivity contribution < 1.29 is 4.74 Å². The van der Waals surface area contributed by atoms with Crippen molar-refractivity contribution in [3.8, 4) is 5.19 Å². The number of aromatic nitrogens is 2. The Kier molecular flexibility index (Phi) is 4.47. The van der Waals surface area contributed by atoms with Gasteiger partial charge in [-0.1, -0.05) is 23.4 Å². The molecule has 86 valence electrons. The van der Waals surface area contributed by atoms with Crippen LogP contribution in [0.4, 0.5) is 0 Å². The number of hydrogen-bond donors (Lipinski definition) is 1. The highest BCUT2D eigenvalue weighted by Crippen LogP contribution is 2.22. The van der Waals surface area contributed by atoms with Crippen molar-refractivity contribution in [1.82, 2.24) is 15.5 Å². The summed E-state index contributed by atoms with van der Waals surface area (Å²) in [5.74, 6) is 0. The van der Waals surface area contributed by atoms with Crippen LogP contribution in [0.25, 0.3) is 0 Å². The second-order valence-electron chi connectivity index (χ2n) is 4.35. The largest absolute Gasteiger partial charge is 0.463 e. The minimum absolute atomic E-state index is 0.201. The monoisotopic (exact) mass is 229 g/mol. The maximum absolute atomic E-state index is 5.61. The van der Waals surface area contributed by atoms with Crippen molar-refractivity contribution in [2.75, 3.05) is 6.54 Å². The molecule has 0 amide bonds. The molecular formula is C10H19N3OS. The highest BCUT2D eigenvalue weighted by molar-refractivity contribution is 7.13. The van der Waals surface area contributed by atoms with Crippen LogP contribution in [0, 0.1) is 0 Å². The van der Waals surface area contributed by atoms with E-state index >= 15 is 0 Å². The van der Waals surface area contributed by atoms with Crippen LogP contribution in [-0.4, -0.2) is 22.3 Å². The maximum atomic E-state index is 5.61. The molecule has 0 saturated heterocycles. The van der Waals surface area contributed by atoms with Crippen molar-refractivity contribution in [3.63, 3.8) is 0 Å². The predicted molar refractivity (Wildman–Crippen MR) is 62.3 cm³/mol. The number of nitrogens with zero attached hydrogens (tertiary/aromatic N) is 2. The van der Waals surface area contributed by atoms with E-state index in [2.05, 4.69) is 22.4 Å². The van der Waals surface area contributed by atoms with Crippen LogP contribution in [0.5, 0.6) is 5.19 Å². The quantitative estimate of drug-likeness (QED) is 0.786. The van der Waals surface area contributed by atoms with Gasteiger partial charge in [-0.25, -0.2) is 0 Å². The van der Waals surface area contributed by atoms with Gasteiger partial charge in [-0.3, -0.25) is 0 Å². The van der Waals surface area contributed by atoms with Crippen LogP contribution in [0.1, 0.15) is 39.1 Å². The number of ether oxygens (including phenoxy) is 1. The Labute approximate surface area is 95.1 Å². The van der Waals surface area contributed by atoms with Gasteiger partial charge in [0.25, 0.3) is 5.19 Å². The number of nitrogens with one attached hydrogen (secondary N) is 1. The summed E-state index contributed by atoms with van der Waals surface area (Å²) in [6.45, 7) is 9.94. The van der Waals surface area contributed by atoms with Gasteiger partial charge < -0.3 is 10.1 Å². The van der Waals surface area contributed by atoms with Gasteiger partial charge in [0.2, 0.25) is 0 Å². The van der Waals surface area contributed by atoms with E-state index in [9.17, 15) is 0 Å². The predicted octanol–water partition coefficient (Wildman–Crippen LogP) is 2.21. The zero-order chi connectivity index (χ0) is 11.3. The molecule has 0 fully saturated rings. The molecule has 4 nitrogen and oxygen atoms in total. The van der Waals surface area contributed by atoms with Crippen LogP contribution in [0.2, 0.25) is 0 Å². The van der Waals surface area contributed by atoms with E-state index in [-0.39, 0.29) is 5.60 Å². The fourth-order valence-corrected chi connectivity index (χ4v) is 1.82. The smallest absolute Gasteiger partial charge is 0.294 e. The minimum Gasteiger partial charge on any atom is -0.463 e. The van der Waals surface area contributed by atoms with Gasteiger partial charge >= 0.3 is 0 Å². The van der Waals surface area contributed by atoms with Gasteiger partial charge in [-0.05, 0) is 33.7 Å². The second-order valence-corrected chi connectivity index (χ2v) is 5.38. The molecule has 0 saturated carbocycles. The van der Waals surface area contributed by atoms with Gasteiger partial charge in [-0.2, -0.15) is 0 Å². The van der Waals surface area contributed by atoms with Crippen LogP contribution in [0.15, 0.2) is 0 Å². The molecule has 0 bridgehead atoms. The number of rotatable bonds is 5. The minimum atomic E-state index is -0.201. The molecule has 1 aromatic rings. The molecular weight excluding hydrogens is 210 g/mol. The molecule has 0 atom stereocenters. The van der Waals surface area contributed by atoms with Crippen molar-refractivity contribution in [2.24, 2.45) is 0 Å². The SMILES string of the molecule is CCCNCc1nnc(OC(C)(C)C)s1. The molecule has 1 N–H and O–H groups in total. The van der Waals surface area contributed by atoms with Crippen molar-refractivity contribution in [2.45, 2.75) is 46.3 Å². The van der Waals surface area contributed by atoms with Crippen LogP contribution in [0.3, 0.4) is 0 Å². The average Bonchev–Trinajstić information content (AvgIpc) is 2.50. The summed E-state index contributed by atoms with van der Waals surface area (Å²) in [4.78, 5) is 0. The van der Waals surface area contributed by atoms with E-state index in [0.29, 0.717) is 5.19 Å². The Balaban J connectivity index is 2.42. The fourth-order valence-electron chi connectivity index (χ4n) is 0.985. The zero-order valence-electron chi connectivity index (χ0n) is 9.83. The lowest BCUT2D eigenvalue weighted by Crippen LogP contribution is -2.22. The molecule has 15 heavy (non-hydrogen) atoms. The maximum Gasteiger partial charge on any atom is 0.294 e. The molecule has 0 spiro atoms. The Morgan fingerprint density at radius 3 is 2.67 bits per heavy atom. The fraction of sp³-hybridized carbons (Fsp3) is 0.800. The van der Waals surface area contributed by atoms with Gasteiger partial charge in [0.1, 0.15) is 10.6 Å². The molecule has 1 aromatic heterocycles. The summed E-state index contributed by atoms with van der Waals surface area (Å²) < 4.78 is 5.61. The van der Waals surface area contributed by atoms with Crippen molar-refractivity contribution in [3.05, 3.63) is 5.01 Å². The first-order valence-electron chi connectivity index (χ1n) is 5.23. The summed E-state index contributed by atoms with van der Waals surface area (Å²) in [5, 5.41) is 12.9. The van der Waals surface area contributed by atoms with Crippen LogP contribution >= 0.6 is 11.3 Å². The lowest BCUT2D eigenvalue weighted by molar-refractivity contribution is 0.129. The summed E-state index contributed by atoms with van der Waals surface area (Å²) in [7, 11) is 0. The molecule has 0 aliphatic carbocycles. The Morgan fingerprint density at radius 1 is 1.33 bits per heavy atom. The van der Waals surface area contributed by atoms with Gasteiger partial charge in [0.05, 0.1) is 0 Å². The van der Waals surface area contributed by atoms with E-state index in [1.54, 1.807) is 0 Å². The summed E-state index contributed by atoms with van der Waals surface area (Å²) in [6, 6.07) is 0. The Bertz CT molecular complexity index is 293. The molecule has 1 heterocycles. The van der Waals surface area contributed by atoms with Gasteiger partial charge in [0.15, 0.2) is 0 Å². The average molecular weight is 229 g/mol. The molecule has 0 aliphatic heterocycles. The van der Waals surface area contributed by atoms with Crippen LogP contribution in [-0.2, 0) is 6.54 Å². The van der Waals surface area contributed by atoms with E-state index in [0.717, 1.165) is 24.5 Å². The first kappa shape index (κ1) is 12.4. The molecule has 0 unspecified atom stereocenters. The van der Waals surface area contributed by atoms with Gasteiger partial charge in [0, 0.05) is 6.54 Å². The lowest BCUT2D eigenvalue weighted by atomic mass is 10.2. The highest BCUT2D eigenvalue weighted by atomic mass is 32.1. The summed E-state index contributed by atoms with van der Waals surface area (Å²) >= 11 is 1.50. The molecule has 0 aliphatic rings. The topological polar surface area (TPSA) is 47.0 Å². The normalized spacial score (nSPS) is 11.7. The van der Waals surface area contributed by atoms with Crippen molar-refractivity contribution in [1.29, 1.82) is 0 Å². The standard InChI is InChI=1S/C10H19N3OS/c1-5-6-11-7-8-12-13-9(15-8)14-10(2,3)4/h11H,5-7H2,1-4H3. The third-order valence-electron chi connectivity index (χ3n) is 1.54. The Morgan fingerprint density at radius 2 is 2.07 bits per heavy atom.